The van der Waals surface area contributed by atoms with Crippen LogP contribution in [-0.4, -0.2) is 18.2 Å². The van der Waals surface area contributed by atoms with Crippen LogP contribution in [-0.2, 0) is 4.79 Å². The number of benzene rings is 1. The van der Waals surface area contributed by atoms with Gasteiger partial charge in [-0.1, -0.05) is 34.2 Å². The Labute approximate surface area is 151 Å². The van der Waals surface area contributed by atoms with E-state index in [2.05, 4.69) is 39.1 Å². The zero-order valence-corrected chi connectivity index (χ0v) is 15.9. The van der Waals surface area contributed by atoms with Crippen molar-refractivity contribution in [3.8, 4) is 5.75 Å². The highest BCUT2D eigenvalue weighted by Gasteiger charge is 2.18. The third-order valence-corrected chi connectivity index (χ3v) is 4.60. The first-order valence-corrected chi connectivity index (χ1v) is 8.73. The van der Waals surface area contributed by atoms with Gasteiger partial charge in [0.05, 0.1) is 5.71 Å². The number of rotatable bonds is 5. The molecule has 0 spiro atoms. The fourth-order valence-corrected chi connectivity index (χ4v) is 2.98. The van der Waals surface area contributed by atoms with Crippen molar-refractivity contribution in [3.05, 3.63) is 52.0 Å². The number of carbonyl (C=O) groups is 1. The summed E-state index contributed by atoms with van der Waals surface area (Å²) < 4.78 is 6.53. The Hall–Kier alpha value is -1.88. The van der Waals surface area contributed by atoms with Gasteiger partial charge in [0.1, 0.15) is 5.75 Å². The first kappa shape index (κ1) is 18.5. The van der Waals surface area contributed by atoms with E-state index in [9.17, 15) is 4.79 Å². The maximum Gasteiger partial charge on any atom is 0.277 e. The van der Waals surface area contributed by atoms with E-state index in [1.807, 2.05) is 39.0 Å². The number of allylic oxidation sites excluding steroid dienone is 3. The van der Waals surface area contributed by atoms with Gasteiger partial charge in [-0.05, 0) is 68.9 Å². The van der Waals surface area contributed by atoms with Crippen molar-refractivity contribution in [1.82, 2.24) is 5.43 Å². The quantitative estimate of drug-likeness (QED) is 0.592. The lowest BCUT2D eigenvalue weighted by Gasteiger charge is -2.22. The molecule has 4 nitrogen and oxygen atoms in total. The minimum atomic E-state index is -0.268. The van der Waals surface area contributed by atoms with E-state index in [-0.39, 0.29) is 12.5 Å². The lowest BCUT2D eigenvalue weighted by atomic mass is 9.85. The van der Waals surface area contributed by atoms with Crippen molar-refractivity contribution in [2.75, 3.05) is 6.61 Å². The topological polar surface area (TPSA) is 50.7 Å². The second-order valence-electron chi connectivity index (χ2n) is 6.16. The molecule has 1 N–H and O–H groups in total. The Morgan fingerprint density at radius 2 is 2.21 bits per heavy atom. The molecule has 0 saturated carbocycles. The molecule has 1 aromatic rings. The Morgan fingerprint density at radius 1 is 1.46 bits per heavy atom. The zero-order chi connectivity index (χ0) is 17.7. The lowest BCUT2D eigenvalue weighted by molar-refractivity contribution is -0.123. The van der Waals surface area contributed by atoms with E-state index in [4.69, 9.17) is 4.74 Å². The molecule has 1 aromatic carbocycles. The molecular weight excluding hydrogens is 368 g/mol. The molecule has 0 saturated heterocycles. The van der Waals surface area contributed by atoms with E-state index < -0.39 is 0 Å². The van der Waals surface area contributed by atoms with Gasteiger partial charge in [-0.2, -0.15) is 5.10 Å². The van der Waals surface area contributed by atoms with Gasteiger partial charge in [-0.3, -0.25) is 4.79 Å². The zero-order valence-electron chi connectivity index (χ0n) is 14.4. The van der Waals surface area contributed by atoms with Crippen LogP contribution in [0.15, 0.2) is 51.6 Å². The summed E-state index contributed by atoms with van der Waals surface area (Å²) in [6, 6.07) is 5.67. The number of nitrogens with zero attached hydrogens (tertiary/aromatic N) is 1. The number of nitrogens with one attached hydrogen (secondary N) is 1. The standard InChI is InChI=1S/C19H23BrN2O2/c1-12(2)15-6-5-13(3)17(10-15)21-22-19(23)11-24-18-8-7-16(20)9-14(18)4/h5,7-9,15H,1,6,10-11H2,2-4H3,(H,22,23)/b21-17-/t15-/m0/s1. The molecule has 1 atom stereocenters. The fourth-order valence-electron chi connectivity index (χ4n) is 2.50. The van der Waals surface area contributed by atoms with Crippen LogP contribution >= 0.6 is 15.9 Å². The molecule has 0 fully saturated rings. The minimum Gasteiger partial charge on any atom is -0.483 e. The smallest absolute Gasteiger partial charge is 0.277 e. The summed E-state index contributed by atoms with van der Waals surface area (Å²) in [6.07, 6.45) is 3.94. The number of hydrogen-bond donors (Lipinski definition) is 1. The van der Waals surface area contributed by atoms with Crippen LogP contribution in [0.3, 0.4) is 0 Å². The molecule has 0 radical (unpaired) electrons. The van der Waals surface area contributed by atoms with Gasteiger partial charge in [0.15, 0.2) is 6.61 Å². The summed E-state index contributed by atoms with van der Waals surface area (Å²) in [7, 11) is 0. The maximum atomic E-state index is 12.0. The second kappa shape index (κ2) is 8.29. The predicted octanol–water partition coefficient (Wildman–Crippen LogP) is 4.54. The van der Waals surface area contributed by atoms with Crippen LogP contribution in [0.25, 0.3) is 0 Å². The molecule has 0 bridgehead atoms. The molecule has 128 valence electrons. The van der Waals surface area contributed by atoms with E-state index >= 15 is 0 Å². The van der Waals surface area contributed by atoms with Crippen molar-refractivity contribution in [2.45, 2.75) is 33.6 Å². The molecule has 0 heterocycles. The Morgan fingerprint density at radius 3 is 2.88 bits per heavy atom. The molecule has 0 aliphatic heterocycles. The molecule has 24 heavy (non-hydrogen) atoms. The summed E-state index contributed by atoms with van der Waals surface area (Å²) in [5.74, 6) is 0.818. The Bertz CT molecular complexity index is 707. The lowest BCUT2D eigenvalue weighted by Crippen LogP contribution is -2.27. The van der Waals surface area contributed by atoms with E-state index in [0.29, 0.717) is 11.7 Å². The van der Waals surface area contributed by atoms with Crippen LogP contribution in [0.1, 0.15) is 32.3 Å². The fraction of sp³-hybridized carbons (Fsp3) is 0.368. The monoisotopic (exact) mass is 390 g/mol. The van der Waals surface area contributed by atoms with Crippen LogP contribution < -0.4 is 10.2 Å². The molecular formula is C19H23BrN2O2. The van der Waals surface area contributed by atoms with Crippen molar-refractivity contribution in [1.29, 1.82) is 0 Å². The summed E-state index contributed by atoms with van der Waals surface area (Å²) in [5.41, 5.74) is 6.72. The van der Waals surface area contributed by atoms with Crippen molar-refractivity contribution in [2.24, 2.45) is 11.0 Å². The number of halogens is 1. The first-order chi connectivity index (χ1) is 11.4. The molecule has 0 unspecified atom stereocenters. The molecule has 1 aliphatic rings. The van der Waals surface area contributed by atoms with Crippen LogP contribution in [0, 0.1) is 12.8 Å². The van der Waals surface area contributed by atoms with Gasteiger partial charge in [-0.15, -0.1) is 0 Å². The highest BCUT2D eigenvalue weighted by atomic mass is 79.9. The Balaban J connectivity index is 1.91. The van der Waals surface area contributed by atoms with Crippen molar-refractivity contribution < 1.29 is 9.53 Å². The summed E-state index contributed by atoms with van der Waals surface area (Å²) in [4.78, 5) is 12.0. The molecule has 1 amide bonds. The average molecular weight is 391 g/mol. The summed E-state index contributed by atoms with van der Waals surface area (Å²) in [6.45, 7) is 9.94. The van der Waals surface area contributed by atoms with Gasteiger partial charge in [0.2, 0.25) is 0 Å². The van der Waals surface area contributed by atoms with E-state index in [0.717, 1.165) is 39.7 Å². The number of hydrogen-bond acceptors (Lipinski definition) is 3. The molecule has 1 aliphatic carbocycles. The highest BCUT2D eigenvalue weighted by Crippen LogP contribution is 2.26. The van der Waals surface area contributed by atoms with Gasteiger partial charge in [-0.25, -0.2) is 5.43 Å². The molecule has 5 heteroatoms. The average Bonchev–Trinajstić information content (AvgIpc) is 2.53. The SMILES string of the molecule is C=C(C)[C@H]1CC=C(C)/C(=N\NC(=O)COc2ccc(Br)cc2C)C1. The predicted molar refractivity (Wildman–Crippen MR) is 101 cm³/mol. The number of amides is 1. The van der Waals surface area contributed by atoms with Gasteiger partial charge < -0.3 is 4.74 Å². The van der Waals surface area contributed by atoms with Gasteiger partial charge in [0, 0.05) is 4.47 Å². The summed E-state index contributed by atoms with van der Waals surface area (Å²) >= 11 is 3.40. The van der Waals surface area contributed by atoms with E-state index in [1.54, 1.807) is 0 Å². The minimum absolute atomic E-state index is 0.0636. The molecule has 2 rings (SSSR count). The Kier molecular flexibility index (Phi) is 6.37. The van der Waals surface area contributed by atoms with Crippen LogP contribution in [0.2, 0.25) is 0 Å². The third-order valence-electron chi connectivity index (χ3n) is 4.11. The highest BCUT2D eigenvalue weighted by molar-refractivity contribution is 9.10. The normalized spacial score (nSPS) is 18.9. The van der Waals surface area contributed by atoms with Gasteiger partial charge in [0.25, 0.3) is 5.91 Å². The number of carbonyl (C=O) groups excluding carboxylic acids is 1. The maximum absolute atomic E-state index is 12.0. The summed E-state index contributed by atoms with van der Waals surface area (Å²) in [5, 5.41) is 4.27. The first-order valence-electron chi connectivity index (χ1n) is 7.93. The number of ether oxygens (including phenoxy) is 1. The van der Waals surface area contributed by atoms with Crippen molar-refractivity contribution >= 4 is 27.5 Å². The molecule has 0 aromatic heterocycles. The van der Waals surface area contributed by atoms with Crippen LogP contribution in [0.4, 0.5) is 0 Å². The van der Waals surface area contributed by atoms with E-state index in [1.165, 1.54) is 0 Å². The van der Waals surface area contributed by atoms with Crippen LogP contribution in [0.5, 0.6) is 5.75 Å². The number of aryl methyl sites for hydroxylation is 1. The largest absolute Gasteiger partial charge is 0.483 e. The van der Waals surface area contributed by atoms with Crippen molar-refractivity contribution in [3.63, 3.8) is 0 Å². The number of hydrazone groups is 1. The second-order valence-corrected chi connectivity index (χ2v) is 7.08. The van der Waals surface area contributed by atoms with Gasteiger partial charge >= 0.3 is 0 Å². The third kappa shape index (κ3) is 5.06.